The van der Waals surface area contributed by atoms with E-state index in [0.717, 1.165) is 43.6 Å². The Balaban J connectivity index is 1.58. The van der Waals surface area contributed by atoms with Gasteiger partial charge in [0.15, 0.2) is 0 Å². The molecule has 0 saturated heterocycles. The van der Waals surface area contributed by atoms with Gasteiger partial charge in [0.25, 0.3) is 0 Å². The number of benzene rings is 4. The Kier molecular flexibility index (Phi) is 3.83. The number of halogens is 1. The molecule has 3 heterocycles. The minimum absolute atomic E-state index is 0.152. The Labute approximate surface area is 193 Å². The SMILES string of the molecule is Clc1nc(-n2c3ccccc3c3ccccc32)nc(-n2c3ccccc3c3ccccc32)n1. The molecule has 0 aliphatic heterocycles. The van der Waals surface area contributed by atoms with Crippen molar-refractivity contribution < 1.29 is 0 Å². The van der Waals surface area contributed by atoms with Crippen molar-refractivity contribution in [3.8, 4) is 11.9 Å². The van der Waals surface area contributed by atoms with E-state index in [-0.39, 0.29) is 5.28 Å². The minimum atomic E-state index is 0.152. The van der Waals surface area contributed by atoms with Gasteiger partial charge in [-0.3, -0.25) is 9.13 Å². The first-order chi connectivity index (χ1) is 16.3. The average Bonchev–Trinajstić information content (AvgIpc) is 3.37. The van der Waals surface area contributed by atoms with Crippen LogP contribution in [0.1, 0.15) is 0 Å². The van der Waals surface area contributed by atoms with Gasteiger partial charge in [0.2, 0.25) is 17.2 Å². The van der Waals surface area contributed by atoms with Crippen LogP contribution in [0.5, 0.6) is 0 Å². The lowest BCUT2D eigenvalue weighted by atomic mass is 10.2. The number of aromatic nitrogens is 5. The van der Waals surface area contributed by atoms with Gasteiger partial charge in [-0.2, -0.15) is 15.0 Å². The van der Waals surface area contributed by atoms with E-state index in [1.54, 1.807) is 0 Å². The molecule has 0 amide bonds. The van der Waals surface area contributed by atoms with Gasteiger partial charge in [0, 0.05) is 21.5 Å². The Hall–Kier alpha value is -4.22. The molecule has 0 saturated carbocycles. The molecule has 0 unspecified atom stereocenters. The predicted octanol–water partition coefficient (Wildman–Crippen LogP) is 6.72. The van der Waals surface area contributed by atoms with Gasteiger partial charge in [-0.1, -0.05) is 72.8 Å². The zero-order valence-corrected chi connectivity index (χ0v) is 18.1. The van der Waals surface area contributed by atoms with Crippen LogP contribution in [0, 0.1) is 0 Å². The molecule has 0 radical (unpaired) electrons. The van der Waals surface area contributed by atoms with E-state index in [4.69, 9.17) is 16.6 Å². The second-order valence-corrected chi connectivity index (χ2v) is 8.28. The Morgan fingerprint density at radius 3 is 1.06 bits per heavy atom. The summed E-state index contributed by atoms with van der Waals surface area (Å²) in [6.07, 6.45) is 0. The first kappa shape index (κ1) is 18.4. The van der Waals surface area contributed by atoms with E-state index in [1.807, 2.05) is 48.5 Å². The largest absolute Gasteiger partial charge is 0.278 e. The second kappa shape index (κ2) is 6.89. The van der Waals surface area contributed by atoms with Gasteiger partial charge < -0.3 is 0 Å². The van der Waals surface area contributed by atoms with Crippen molar-refractivity contribution in [2.45, 2.75) is 0 Å². The molecule has 0 bridgehead atoms. The highest BCUT2D eigenvalue weighted by Gasteiger charge is 2.18. The third-order valence-corrected chi connectivity index (χ3v) is 6.31. The van der Waals surface area contributed by atoms with E-state index in [2.05, 4.69) is 67.6 Å². The number of fused-ring (bicyclic) bond motifs is 6. The summed E-state index contributed by atoms with van der Waals surface area (Å²) in [7, 11) is 0. The smallest absolute Gasteiger partial charge is 0.240 e. The molecule has 156 valence electrons. The molecule has 0 fully saturated rings. The zero-order chi connectivity index (χ0) is 21.9. The predicted molar refractivity (Wildman–Crippen MR) is 134 cm³/mol. The lowest BCUT2D eigenvalue weighted by molar-refractivity contribution is 0.887. The summed E-state index contributed by atoms with van der Waals surface area (Å²) in [6.45, 7) is 0. The van der Waals surface area contributed by atoms with Gasteiger partial charge in [0.05, 0.1) is 22.1 Å². The lowest BCUT2D eigenvalue weighted by Gasteiger charge is -2.10. The molecule has 4 aromatic carbocycles. The van der Waals surface area contributed by atoms with Crippen LogP contribution >= 0.6 is 11.6 Å². The van der Waals surface area contributed by atoms with Crippen molar-refractivity contribution in [2.24, 2.45) is 0 Å². The molecule has 0 atom stereocenters. The maximum atomic E-state index is 6.50. The first-order valence-electron chi connectivity index (χ1n) is 10.7. The molecular weight excluding hydrogens is 430 g/mol. The van der Waals surface area contributed by atoms with Gasteiger partial charge in [-0.15, -0.1) is 0 Å². The van der Waals surface area contributed by atoms with Gasteiger partial charge >= 0.3 is 0 Å². The third kappa shape index (κ3) is 2.63. The molecule has 0 N–H and O–H groups in total. The van der Waals surface area contributed by atoms with Crippen molar-refractivity contribution in [1.82, 2.24) is 24.1 Å². The molecule has 7 rings (SSSR count). The van der Waals surface area contributed by atoms with Gasteiger partial charge in [-0.05, 0) is 35.9 Å². The van der Waals surface area contributed by atoms with Crippen molar-refractivity contribution in [3.63, 3.8) is 0 Å². The molecule has 0 spiro atoms. The summed E-state index contributed by atoms with van der Waals surface area (Å²) in [5, 5.41) is 4.72. The molecular formula is C27H16ClN5. The highest BCUT2D eigenvalue weighted by Crippen LogP contribution is 2.33. The summed E-state index contributed by atoms with van der Waals surface area (Å²) in [6, 6.07) is 33.0. The Bertz CT molecular complexity index is 1610. The third-order valence-electron chi connectivity index (χ3n) is 6.14. The van der Waals surface area contributed by atoms with Crippen LogP contribution in [-0.4, -0.2) is 24.1 Å². The highest BCUT2D eigenvalue weighted by atomic mass is 35.5. The summed E-state index contributed by atoms with van der Waals surface area (Å²) < 4.78 is 4.10. The van der Waals surface area contributed by atoms with E-state index in [9.17, 15) is 0 Å². The topological polar surface area (TPSA) is 48.5 Å². The number of rotatable bonds is 2. The van der Waals surface area contributed by atoms with Crippen LogP contribution in [0.2, 0.25) is 5.28 Å². The molecule has 7 aromatic rings. The van der Waals surface area contributed by atoms with E-state index in [1.165, 1.54) is 0 Å². The second-order valence-electron chi connectivity index (χ2n) is 7.94. The summed E-state index contributed by atoms with van der Waals surface area (Å²) >= 11 is 6.50. The molecule has 6 heteroatoms. The zero-order valence-electron chi connectivity index (χ0n) is 17.4. The fourth-order valence-electron chi connectivity index (χ4n) is 4.81. The minimum Gasteiger partial charge on any atom is -0.278 e. The van der Waals surface area contributed by atoms with E-state index in [0.29, 0.717) is 11.9 Å². The van der Waals surface area contributed by atoms with Crippen LogP contribution in [0.4, 0.5) is 0 Å². The van der Waals surface area contributed by atoms with Crippen LogP contribution in [0.3, 0.4) is 0 Å². The summed E-state index contributed by atoms with van der Waals surface area (Å²) in [5.41, 5.74) is 4.09. The van der Waals surface area contributed by atoms with Crippen molar-refractivity contribution in [3.05, 3.63) is 102 Å². The summed E-state index contributed by atoms with van der Waals surface area (Å²) in [5.74, 6) is 0.980. The van der Waals surface area contributed by atoms with Crippen molar-refractivity contribution in [2.75, 3.05) is 0 Å². The molecule has 3 aromatic heterocycles. The lowest BCUT2D eigenvalue weighted by Crippen LogP contribution is -2.08. The number of nitrogens with zero attached hydrogens (tertiary/aromatic N) is 5. The van der Waals surface area contributed by atoms with Crippen LogP contribution < -0.4 is 0 Å². The normalized spacial score (nSPS) is 11.8. The maximum absolute atomic E-state index is 6.50. The molecule has 0 aliphatic carbocycles. The highest BCUT2D eigenvalue weighted by molar-refractivity contribution is 6.28. The van der Waals surface area contributed by atoms with Gasteiger partial charge in [-0.25, -0.2) is 0 Å². The standard InChI is InChI=1S/C27H16ClN5/c28-25-29-26(32-21-13-5-1-9-17(21)18-10-2-6-14-22(18)32)31-27(30-25)33-23-15-7-3-11-19(23)20-12-4-8-16-24(20)33/h1-16H. The quantitative estimate of drug-likeness (QED) is 0.297. The van der Waals surface area contributed by atoms with Crippen molar-refractivity contribution >= 4 is 55.2 Å². The van der Waals surface area contributed by atoms with Crippen LogP contribution in [0.15, 0.2) is 97.1 Å². The molecule has 0 aliphatic rings. The molecule has 5 nitrogen and oxygen atoms in total. The van der Waals surface area contributed by atoms with E-state index >= 15 is 0 Å². The fraction of sp³-hybridized carbons (Fsp3) is 0. The average molecular weight is 446 g/mol. The Morgan fingerprint density at radius 2 is 0.727 bits per heavy atom. The first-order valence-corrected chi connectivity index (χ1v) is 11.1. The molecule has 33 heavy (non-hydrogen) atoms. The van der Waals surface area contributed by atoms with Crippen LogP contribution in [-0.2, 0) is 0 Å². The monoisotopic (exact) mass is 445 g/mol. The maximum Gasteiger partial charge on any atom is 0.240 e. The fourth-order valence-corrected chi connectivity index (χ4v) is 4.96. The summed E-state index contributed by atoms with van der Waals surface area (Å²) in [4.78, 5) is 14.0. The van der Waals surface area contributed by atoms with Gasteiger partial charge in [0.1, 0.15) is 0 Å². The Morgan fingerprint density at radius 1 is 0.424 bits per heavy atom. The van der Waals surface area contributed by atoms with Crippen LogP contribution in [0.25, 0.3) is 55.5 Å². The van der Waals surface area contributed by atoms with Crippen molar-refractivity contribution in [1.29, 1.82) is 0 Å². The number of hydrogen-bond acceptors (Lipinski definition) is 3. The number of hydrogen-bond donors (Lipinski definition) is 0. The van der Waals surface area contributed by atoms with E-state index < -0.39 is 0 Å². The number of para-hydroxylation sites is 4.